The van der Waals surface area contributed by atoms with Crippen LogP contribution >= 0.6 is 15.9 Å². The van der Waals surface area contributed by atoms with Gasteiger partial charge in [0.1, 0.15) is 0 Å². The van der Waals surface area contributed by atoms with E-state index in [-0.39, 0.29) is 11.3 Å². The molecular formula is C14H10BrNO2. The Morgan fingerprint density at radius 3 is 2.00 bits per heavy atom. The number of halogens is 1. The number of primary amides is 1. The number of rotatable bonds is 3. The summed E-state index contributed by atoms with van der Waals surface area (Å²) in [6, 6.07) is 13.5. The van der Waals surface area contributed by atoms with Crippen LogP contribution in [0.2, 0.25) is 0 Å². The summed E-state index contributed by atoms with van der Waals surface area (Å²) < 4.78 is 0.891. The lowest BCUT2D eigenvalue weighted by atomic mass is 9.98. The first-order valence-corrected chi connectivity index (χ1v) is 6.08. The summed E-state index contributed by atoms with van der Waals surface area (Å²) in [5.41, 5.74) is 6.34. The molecule has 0 aliphatic rings. The van der Waals surface area contributed by atoms with Crippen LogP contribution in [-0.4, -0.2) is 11.7 Å². The van der Waals surface area contributed by atoms with Gasteiger partial charge in [0, 0.05) is 15.6 Å². The van der Waals surface area contributed by atoms with Crippen LogP contribution in [-0.2, 0) is 0 Å². The van der Waals surface area contributed by atoms with E-state index >= 15 is 0 Å². The summed E-state index contributed by atoms with van der Waals surface area (Å²) in [7, 11) is 0. The van der Waals surface area contributed by atoms with Crippen LogP contribution in [0.5, 0.6) is 0 Å². The monoisotopic (exact) mass is 303 g/mol. The molecule has 3 nitrogen and oxygen atoms in total. The third-order valence-corrected chi connectivity index (χ3v) is 3.07. The zero-order valence-corrected chi connectivity index (χ0v) is 11.0. The standard InChI is InChI=1S/C14H10BrNO2/c15-10-7-5-9(6-8-10)13(17)11-3-1-2-4-12(11)14(16)18/h1-8H,(H2,16,18). The Labute approximate surface area is 113 Å². The number of hydrogen-bond donors (Lipinski definition) is 1. The average Bonchev–Trinajstić information content (AvgIpc) is 2.39. The Hall–Kier alpha value is -1.94. The summed E-state index contributed by atoms with van der Waals surface area (Å²) in [5.74, 6) is -0.812. The molecule has 0 saturated carbocycles. The van der Waals surface area contributed by atoms with E-state index in [2.05, 4.69) is 15.9 Å². The molecule has 0 spiro atoms. The van der Waals surface area contributed by atoms with Gasteiger partial charge in [0.2, 0.25) is 5.91 Å². The smallest absolute Gasteiger partial charge is 0.249 e. The fraction of sp³-hybridized carbons (Fsp3) is 0. The van der Waals surface area contributed by atoms with E-state index in [1.807, 2.05) is 0 Å². The molecule has 0 fully saturated rings. The molecule has 2 aromatic rings. The number of carbonyl (C=O) groups excluding carboxylic acids is 2. The van der Waals surface area contributed by atoms with Crippen molar-refractivity contribution in [3.8, 4) is 0 Å². The summed E-state index contributed by atoms with van der Waals surface area (Å²) in [5, 5.41) is 0. The fourth-order valence-corrected chi connectivity index (χ4v) is 1.92. The largest absolute Gasteiger partial charge is 0.366 e. The first kappa shape index (κ1) is 12.5. The number of benzene rings is 2. The van der Waals surface area contributed by atoms with Gasteiger partial charge >= 0.3 is 0 Å². The van der Waals surface area contributed by atoms with Crippen molar-refractivity contribution in [3.05, 3.63) is 69.7 Å². The average molecular weight is 304 g/mol. The maximum atomic E-state index is 12.3. The van der Waals surface area contributed by atoms with Gasteiger partial charge in [-0.1, -0.05) is 34.1 Å². The molecule has 90 valence electrons. The molecule has 4 heteroatoms. The molecule has 18 heavy (non-hydrogen) atoms. The number of hydrogen-bond acceptors (Lipinski definition) is 2. The molecule has 0 aliphatic carbocycles. The lowest BCUT2D eigenvalue weighted by Crippen LogP contribution is -2.16. The molecule has 2 N–H and O–H groups in total. The van der Waals surface area contributed by atoms with Gasteiger partial charge in [0.25, 0.3) is 0 Å². The zero-order chi connectivity index (χ0) is 13.1. The van der Waals surface area contributed by atoms with Gasteiger partial charge in [-0.2, -0.15) is 0 Å². The topological polar surface area (TPSA) is 60.2 Å². The van der Waals surface area contributed by atoms with Gasteiger partial charge in [0.15, 0.2) is 5.78 Å². The van der Waals surface area contributed by atoms with Crippen LogP contribution in [0, 0.1) is 0 Å². The van der Waals surface area contributed by atoms with E-state index in [0.29, 0.717) is 11.1 Å². The molecule has 0 aliphatic heterocycles. The van der Waals surface area contributed by atoms with Crippen molar-refractivity contribution >= 4 is 27.6 Å². The predicted molar refractivity (Wildman–Crippen MR) is 72.5 cm³/mol. The Balaban J connectivity index is 2.46. The Morgan fingerprint density at radius 2 is 1.44 bits per heavy atom. The van der Waals surface area contributed by atoms with Crippen molar-refractivity contribution in [2.75, 3.05) is 0 Å². The lowest BCUT2D eigenvalue weighted by molar-refractivity contribution is 0.0981. The van der Waals surface area contributed by atoms with Crippen LogP contribution in [0.1, 0.15) is 26.3 Å². The van der Waals surface area contributed by atoms with Gasteiger partial charge in [-0.15, -0.1) is 0 Å². The fourth-order valence-electron chi connectivity index (χ4n) is 1.65. The first-order valence-electron chi connectivity index (χ1n) is 5.28. The van der Waals surface area contributed by atoms with Crippen molar-refractivity contribution in [3.63, 3.8) is 0 Å². The van der Waals surface area contributed by atoms with Crippen LogP contribution in [0.15, 0.2) is 53.0 Å². The second kappa shape index (κ2) is 5.14. The summed E-state index contributed by atoms with van der Waals surface area (Å²) in [6.45, 7) is 0. The molecule has 0 aromatic heterocycles. The highest BCUT2D eigenvalue weighted by atomic mass is 79.9. The molecule has 1 amide bonds. The minimum Gasteiger partial charge on any atom is -0.366 e. The quantitative estimate of drug-likeness (QED) is 0.886. The number of carbonyl (C=O) groups is 2. The maximum Gasteiger partial charge on any atom is 0.249 e. The van der Waals surface area contributed by atoms with E-state index in [4.69, 9.17) is 5.73 Å². The second-order valence-corrected chi connectivity index (χ2v) is 4.66. The summed E-state index contributed by atoms with van der Waals surface area (Å²) >= 11 is 3.30. The maximum absolute atomic E-state index is 12.3. The normalized spacial score (nSPS) is 10.1. The highest BCUT2D eigenvalue weighted by molar-refractivity contribution is 9.10. The van der Waals surface area contributed by atoms with Crippen LogP contribution < -0.4 is 5.73 Å². The molecule has 2 aromatic carbocycles. The van der Waals surface area contributed by atoms with Gasteiger partial charge in [-0.25, -0.2) is 0 Å². The van der Waals surface area contributed by atoms with Crippen molar-refractivity contribution in [2.45, 2.75) is 0 Å². The van der Waals surface area contributed by atoms with Crippen molar-refractivity contribution in [2.24, 2.45) is 5.73 Å². The van der Waals surface area contributed by atoms with Gasteiger partial charge in [-0.05, 0) is 30.3 Å². The molecule has 0 heterocycles. The highest BCUT2D eigenvalue weighted by Crippen LogP contribution is 2.16. The minimum atomic E-state index is -0.601. The van der Waals surface area contributed by atoms with Crippen LogP contribution in [0.4, 0.5) is 0 Å². The molecule has 0 radical (unpaired) electrons. The second-order valence-electron chi connectivity index (χ2n) is 3.75. The Bertz CT molecular complexity index is 605. The van der Waals surface area contributed by atoms with Crippen molar-refractivity contribution < 1.29 is 9.59 Å². The minimum absolute atomic E-state index is 0.211. The predicted octanol–water partition coefficient (Wildman–Crippen LogP) is 2.78. The van der Waals surface area contributed by atoms with E-state index in [1.54, 1.807) is 48.5 Å². The summed E-state index contributed by atoms with van der Waals surface area (Å²) in [4.78, 5) is 23.5. The number of ketones is 1. The van der Waals surface area contributed by atoms with E-state index < -0.39 is 5.91 Å². The van der Waals surface area contributed by atoms with E-state index in [0.717, 1.165) is 4.47 Å². The number of nitrogens with two attached hydrogens (primary N) is 1. The molecule has 0 unspecified atom stereocenters. The van der Waals surface area contributed by atoms with E-state index in [9.17, 15) is 9.59 Å². The lowest BCUT2D eigenvalue weighted by Gasteiger charge is -2.05. The molecular weight excluding hydrogens is 294 g/mol. The number of amides is 1. The van der Waals surface area contributed by atoms with Gasteiger partial charge in [-0.3, -0.25) is 9.59 Å². The molecule has 0 saturated heterocycles. The van der Waals surface area contributed by atoms with Gasteiger partial charge in [0.05, 0.1) is 5.56 Å². The summed E-state index contributed by atoms with van der Waals surface area (Å²) in [6.07, 6.45) is 0. The van der Waals surface area contributed by atoms with Crippen LogP contribution in [0.25, 0.3) is 0 Å². The first-order chi connectivity index (χ1) is 8.59. The highest BCUT2D eigenvalue weighted by Gasteiger charge is 2.15. The van der Waals surface area contributed by atoms with Crippen LogP contribution in [0.3, 0.4) is 0 Å². The Kier molecular flexibility index (Phi) is 3.58. The third-order valence-electron chi connectivity index (χ3n) is 2.54. The molecule has 0 bridgehead atoms. The van der Waals surface area contributed by atoms with Gasteiger partial charge < -0.3 is 5.73 Å². The van der Waals surface area contributed by atoms with Crippen molar-refractivity contribution in [1.29, 1.82) is 0 Å². The molecule has 0 atom stereocenters. The van der Waals surface area contributed by atoms with E-state index in [1.165, 1.54) is 0 Å². The van der Waals surface area contributed by atoms with Crippen molar-refractivity contribution in [1.82, 2.24) is 0 Å². The molecule has 2 rings (SSSR count). The third kappa shape index (κ3) is 2.49. The zero-order valence-electron chi connectivity index (χ0n) is 9.39. The Morgan fingerprint density at radius 1 is 0.889 bits per heavy atom. The SMILES string of the molecule is NC(=O)c1ccccc1C(=O)c1ccc(Br)cc1.